The third-order valence-electron chi connectivity index (χ3n) is 3.14. The number of nitrogens with zero attached hydrogens (tertiary/aromatic N) is 1. The van der Waals surface area contributed by atoms with Gasteiger partial charge >= 0.3 is 0 Å². The van der Waals surface area contributed by atoms with Gasteiger partial charge in [0.25, 0.3) is 0 Å². The van der Waals surface area contributed by atoms with Gasteiger partial charge < -0.3 is 10.8 Å². The van der Waals surface area contributed by atoms with E-state index in [0.29, 0.717) is 13.0 Å². The maximum absolute atomic E-state index is 12.5. The summed E-state index contributed by atoms with van der Waals surface area (Å²) in [4.78, 5) is -0.114. The third-order valence-corrected chi connectivity index (χ3v) is 5.75. The summed E-state index contributed by atoms with van der Waals surface area (Å²) in [7, 11) is -3.75. The van der Waals surface area contributed by atoms with Crippen LogP contribution in [0.15, 0.2) is 17.0 Å². The number of nitrogen functional groups attached to an aromatic ring is 1. The summed E-state index contributed by atoms with van der Waals surface area (Å²) in [6, 6.07) is 2.71. The Balaban J connectivity index is 2.41. The maximum Gasteiger partial charge on any atom is 0.246 e. The molecule has 0 radical (unpaired) electrons. The molecule has 0 amide bonds. The highest BCUT2D eigenvalue weighted by molar-refractivity contribution is 7.89. The quantitative estimate of drug-likeness (QED) is 0.827. The number of aliphatic hydroxyl groups excluding tert-OH is 1. The first-order valence-corrected chi connectivity index (χ1v) is 7.91. The SMILES string of the molecule is Nc1cc(Cl)cc(Cl)c1S(=O)(=O)N1CCC(CO)C1. The molecule has 1 saturated heterocycles. The van der Waals surface area contributed by atoms with Gasteiger partial charge in [0.2, 0.25) is 10.0 Å². The van der Waals surface area contributed by atoms with E-state index in [1.807, 2.05) is 0 Å². The molecular weight excluding hydrogens is 311 g/mol. The fraction of sp³-hybridized carbons (Fsp3) is 0.455. The standard InChI is InChI=1S/C11H14Cl2N2O3S/c12-8-3-9(13)11(10(14)4-8)19(17,18)15-2-1-7(5-15)6-16/h3-4,7,16H,1-2,5-6,14H2. The topological polar surface area (TPSA) is 83.6 Å². The number of sulfonamides is 1. The van der Waals surface area contributed by atoms with E-state index in [0.717, 1.165) is 0 Å². The van der Waals surface area contributed by atoms with Gasteiger partial charge in [-0.05, 0) is 24.5 Å². The van der Waals surface area contributed by atoms with Crippen molar-refractivity contribution in [1.29, 1.82) is 0 Å². The lowest BCUT2D eigenvalue weighted by Crippen LogP contribution is -2.30. The monoisotopic (exact) mass is 324 g/mol. The smallest absolute Gasteiger partial charge is 0.246 e. The molecule has 5 nitrogen and oxygen atoms in total. The molecule has 1 aliphatic rings. The van der Waals surface area contributed by atoms with Crippen molar-refractivity contribution in [2.75, 3.05) is 25.4 Å². The number of hydrogen-bond acceptors (Lipinski definition) is 4. The molecule has 0 spiro atoms. The molecule has 1 fully saturated rings. The van der Waals surface area contributed by atoms with E-state index < -0.39 is 10.0 Å². The average Bonchev–Trinajstić information content (AvgIpc) is 2.75. The van der Waals surface area contributed by atoms with Crippen molar-refractivity contribution in [3.63, 3.8) is 0 Å². The molecule has 0 aliphatic carbocycles. The van der Waals surface area contributed by atoms with Crippen LogP contribution in [-0.4, -0.2) is 37.5 Å². The van der Waals surface area contributed by atoms with Crippen molar-refractivity contribution in [2.45, 2.75) is 11.3 Å². The first-order chi connectivity index (χ1) is 8.86. The molecule has 8 heteroatoms. The van der Waals surface area contributed by atoms with Gasteiger partial charge in [-0.1, -0.05) is 23.2 Å². The minimum absolute atomic E-state index is 0.0115. The molecule has 0 bridgehead atoms. The number of hydrogen-bond donors (Lipinski definition) is 2. The van der Waals surface area contributed by atoms with Crippen molar-refractivity contribution in [1.82, 2.24) is 4.31 Å². The minimum Gasteiger partial charge on any atom is -0.398 e. The van der Waals surface area contributed by atoms with Crippen molar-refractivity contribution in [3.05, 3.63) is 22.2 Å². The first-order valence-electron chi connectivity index (χ1n) is 5.71. The molecule has 2 rings (SSSR count). The Kier molecular flexibility index (Phi) is 4.27. The van der Waals surface area contributed by atoms with E-state index in [1.54, 1.807) is 0 Å². The zero-order valence-electron chi connectivity index (χ0n) is 10.0. The lowest BCUT2D eigenvalue weighted by Gasteiger charge is -2.18. The molecule has 3 N–H and O–H groups in total. The summed E-state index contributed by atoms with van der Waals surface area (Å²) in [5.74, 6) is -0.0397. The highest BCUT2D eigenvalue weighted by Gasteiger charge is 2.34. The van der Waals surface area contributed by atoms with Crippen molar-refractivity contribution >= 4 is 38.9 Å². The molecule has 19 heavy (non-hydrogen) atoms. The van der Waals surface area contributed by atoms with E-state index >= 15 is 0 Å². The zero-order chi connectivity index (χ0) is 14.2. The van der Waals surface area contributed by atoms with Crippen LogP contribution in [0.3, 0.4) is 0 Å². The summed E-state index contributed by atoms with van der Waals surface area (Å²) in [6.45, 7) is 0.596. The van der Waals surface area contributed by atoms with Crippen LogP contribution in [0.1, 0.15) is 6.42 Å². The summed E-state index contributed by atoms with van der Waals surface area (Å²) in [5.41, 5.74) is 5.75. The largest absolute Gasteiger partial charge is 0.398 e. The van der Waals surface area contributed by atoms with Gasteiger partial charge in [-0.3, -0.25) is 0 Å². The number of anilines is 1. The van der Waals surface area contributed by atoms with Crippen LogP contribution in [0.2, 0.25) is 10.0 Å². The molecule has 1 unspecified atom stereocenters. The second-order valence-corrected chi connectivity index (χ2v) is 7.22. The third kappa shape index (κ3) is 2.83. The molecule has 1 atom stereocenters. The Morgan fingerprint density at radius 3 is 2.63 bits per heavy atom. The lowest BCUT2D eigenvalue weighted by atomic mass is 10.1. The number of benzene rings is 1. The Hall–Kier alpha value is -0.530. The van der Waals surface area contributed by atoms with Crippen LogP contribution in [0.25, 0.3) is 0 Å². The van der Waals surface area contributed by atoms with Crippen molar-refractivity contribution in [3.8, 4) is 0 Å². The Morgan fingerprint density at radius 1 is 1.42 bits per heavy atom. The molecule has 1 heterocycles. The van der Waals surface area contributed by atoms with Gasteiger partial charge in [-0.15, -0.1) is 0 Å². The van der Waals surface area contributed by atoms with Crippen LogP contribution in [-0.2, 0) is 10.0 Å². The highest BCUT2D eigenvalue weighted by atomic mass is 35.5. The summed E-state index contributed by atoms with van der Waals surface area (Å²) in [6.07, 6.45) is 0.626. The molecular formula is C11H14Cl2N2O3S. The zero-order valence-corrected chi connectivity index (χ0v) is 12.3. The van der Waals surface area contributed by atoms with Gasteiger partial charge in [0.05, 0.1) is 10.7 Å². The van der Waals surface area contributed by atoms with E-state index in [4.69, 9.17) is 34.0 Å². The van der Waals surface area contributed by atoms with Gasteiger partial charge in [-0.25, -0.2) is 8.42 Å². The molecule has 1 aromatic carbocycles. The molecule has 0 saturated carbocycles. The molecule has 1 aliphatic heterocycles. The van der Waals surface area contributed by atoms with Crippen LogP contribution < -0.4 is 5.73 Å². The Labute approximate surface area is 122 Å². The minimum atomic E-state index is -3.75. The van der Waals surface area contributed by atoms with Crippen LogP contribution in [0.4, 0.5) is 5.69 Å². The highest BCUT2D eigenvalue weighted by Crippen LogP contribution is 2.34. The lowest BCUT2D eigenvalue weighted by molar-refractivity contribution is 0.233. The van der Waals surface area contributed by atoms with Gasteiger partial charge in [0.15, 0.2) is 0 Å². The second-order valence-electron chi connectivity index (χ2n) is 4.51. The Morgan fingerprint density at radius 2 is 2.11 bits per heavy atom. The maximum atomic E-state index is 12.5. The molecule has 106 valence electrons. The predicted octanol–water partition coefficient (Wildman–Crippen LogP) is 1.58. The average molecular weight is 325 g/mol. The summed E-state index contributed by atoms with van der Waals surface area (Å²) < 4.78 is 26.3. The Bertz CT molecular complexity index is 569. The number of aliphatic hydroxyl groups is 1. The van der Waals surface area contributed by atoms with Crippen LogP contribution >= 0.6 is 23.2 Å². The predicted molar refractivity (Wildman–Crippen MR) is 74.8 cm³/mol. The van der Waals surface area contributed by atoms with E-state index in [9.17, 15) is 8.42 Å². The van der Waals surface area contributed by atoms with E-state index in [-0.39, 0.29) is 39.7 Å². The fourth-order valence-corrected chi connectivity index (χ4v) is 4.62. The number of rotatable bonds is 3. The van der Waals surface area contributed by atoms with Crippen LogP contribution in [0, 0.1) is 5.92 Å². The van der Waals surface area contributed by atoms with Gasteiger partial charge in [0, 0.05) is 24.7 Å². The van der Waals surface area contributed by atoms with Gasteiger partial charge in [0.1, 0.15) is 4.90 Å². The van der Waals surface area contributed by atoms with E-state index in [1.165, 1.54) is 16.4 Å². The van der Waals surface area contributed by atoms with E-state index in [2.05, 4.69) is 0 Å². The normalized spacial score (nSPS) is 20.9. The summed E-state index contributed by atoms with van der Waals surface area (Å²) >= 11 is 11.7. The number of halogens is 2. The fourth-order valence-electron chi connectivity index (χ4n) is 2.15. The second kappa shape index (κ2) is 5.46. The first kappa shape index (κ1) is 14.9. The van der Waals surface area contributed by atoms with Crippen molar-refractivity contribution < 1.29 is 13.5 Å². The molecule has 0 aromatic heterocycles. The van der Waals surface area contributed by atoms with Gasteiger partial charge in [-0.2, -0.15) is 4.31 Å². The molecule has 1 aromatic rings. The number of nitrogens with two attached hydrogens (primary N) is 1. The van der Waals surface area contributed by atoms with Crippen LogP contribution in [0.5, 0.6) is 0 Å². The summed E-state index contributed by atoms with van der Waals surface area (Å²) in [5, 5.41) is 9.38. The van der Waals surface area contributed by atoms with Crippen molar-refractivity contribution in [2.24, 2.45) is 5.92 Å².